The van der Waals surface area contributed by atoms with Crippen LogP contribution in [-0.2, 0) is 16.1 Å². The summed E-state index contributed by atoms with van der Waals surface area (Å²) in [6, 6.07) is 30.4. The molecule has 0 unspecified atom stereocenters. The first-order chi connectivity index (χ1) is 15.2. The first-order valence-corrected chi connectivity index (χ1v) is 16.3. The predicted molar refractivity (Wildman–Crippen MR) is 135 cm³/mol. The van der Waals surface area contributed by atoms with Crippen molar-refractivity contribution >= 4 is 18.1 Å². The average molecular weight is 464 g/mol. The van der Waals surface area contributed by atoms with Crippen molar-refractivity contribution in [1.29, 1.82) is 0 Å². The molecule has 0 bridgehead atoms. The zero-order chi connectivity index (χ0) is 22.8. The van der Waals surface area contributed by atoms with E-state index in [1.54, 1.807) is 12.1 Å². The van der Waals surface area contributed by atoms with Crippen LogP contribution in [-0.4, -0.2) is 33.4 Å². The Kier molecular flexibility index (Phi) is 6.70. The highest BCUT2D eigenvalue weighted by Gasteiger charge is 2.43. The fraction of sp³-hybridized carbons (Fsp3) is 0.333. The van der Waals surface area contributed by atoms with E-state index in [4.69, 9.17) is 0 Å². The third kappa shape index (κ3) is 5.22. The maximum atomic E-state index is 13.7. The molecule has 2 atom stereocenters. The SMILES string of the molecule is Cc1ccc(S(=O)(=O)N2C[C@H](c3ccccc3)C[C@@H]2C[Si](C)(C)Cc2ccccc2)cc1. The van der Waals surface area contributed by atoms with Crippen LogP contribution >= 0.6 is 0 Å². The Labute approximate surface area is 194 Å². The maximum absolute atomic E-state index is 13.7. The van der Waals surface area contributed by atoms with Crippen molar-refractivity contribution in [2.24, 2.45) is 0 Å². The molecule has 32 heavy (non-hydrogen) atoms. The molecule has 168 valence electrons. The van der Waals surface area contributed by atoms with Gasteiger partial charge in [-0.3, -0.25) is 0 Å². The van der Waals surface area contributed by atoms with E-state index < -0.39 is 18.1 Å². The lowest BCUT2D eigenvalue weighted by atomic mass is 9.97. The predicted octanol–water partition coefficient (Wildman–Crippen LogP) is 6.03. The highest BCUT2D eigenvalue weighted by atomic mass is 32.2. The first kappa shape index (κ1) is 23.0. The number of aryl methyl sites for hydroxylation is 1. The van der Waals surface area contributed by atoms with E-state index in [1.807, 2.05) is 29.4 Å². The summed E-state index contributed by atoms with van der Waals surface area (Å²) in [7, 11) is -5.21. The standard InChI is InChI=1S/C27H33NO2SSi/c1-22-14-16-27(17-15-22)31(29,30)28-19-25(24-12-8-5-9-13-24)18-26(28)21-32(2,3)20-23-10-6-4-7-11-23/h4-17,25-26H,18-21H2,1-3H3/t25-,26-/m1/s1. The van der Waals surface area contributed by atoms with Gasteiger partial charge < -0.3 is 0 Å². The van der Waals surface area contributed by atoms with Crippen molar-refractivity contribution < 1.29 is 8.42 Å². The molecule has 0 spiro atoms. The van der Waals surface area contributed by atoms with Gasteiger partial charge in [0.1, 0.15) is 0 Å². The van der Waals surface area contributed by atoms with E-state index >= 15 is 0 Å². The van der Waals surface area contributed by atoms with Gasteiger partial charge in [-0.1, -0.05) is 97.0 Å². The molecular weight excluding hydrogens is 430 g/mol. The van der Waals surface area contributed by atoms with Crippen molar-refractivity contribution in [2.45, 2.75) is 55.4 Å². The van der Waals surface area contributed by atoms with E-state index in [9.17, 15) is 8.42 Å². The van der Waals surface area contributed by atoms with Crippen molar-refractivity contribution in [1.82, 2.24) is 4.31 Å². The normalized spacial score (nSPS) is 19.8. The summed E-state index contributed by atoms with van der Waals surface area (Å²) in [5.41, 5.74) is 3.66. The Bertz CT molecular complexity index is 1130. The summed E-state index contributed by atoms with van der Waals surface area (Å²) in [6.45, 7) is 7.33. The van der Waals surface area contributed by atoms with Gasteiger partial charge >= 0.3 is 0 Å². The minimum absolute atomic E-state index is 0.0388. The molecule has 3 aromatic rings. The van der Waals surface area contributed by atoms with Crippen LogP contribution in [0.15, 0.2) is 89.8 Å². The van der Waals surface area contributed by atoms with Gasteiger partial charge in [-0.05, 0) is 49.0 Å². The molecule has 0 radical (unpaired) electrons. The smallest absolute Gasteiger partial charge is 0.207 e. The maximum Gasteiger partial charge on any atom is 0.243 e. The van der Waals surface area contributed by atoms with E-state index in [0.717, 1.165) is 24.1 Å². The van der Waals surface area contributed by atoms with Crippen molar-refractivity contribution in [3.05, 3.63) is 102 Å². The second kappa shape index (κ2) is 9.34. The zero-order valence-electron chi connectivity index (χ0n) is 19.2. The van der Waals surface area contributed by atoms with Crippen LogP contribution in [0.2, 0.25) is 19.1 Å². The molecule has 1 fully saturated rings. The fourth-order valence-corrected chi connectivity index (χ4v) is 10.00. The minimum Gasteiger partial charge on any atom is -0.207 e. The molecular formula is C27H33NO2SSi. The van der Waals surface area contributed by atoms with Crippen LogP contribution in [0.3, 0.4) is 0 Å². The number of sulfonamides is 1. The van der Waals surface area contributed by atoms with Crippen LogP contribution in [0.4, 0.5) is 0 Å². The fourth-order valence-electron chi connectivity index (χ4n) is 5.04. The van der Waals surface area contributed by atoms with Crippen LogP contribution in [0.1, 0.15) is 29.0 Å². The second-order valence-electron chi connectivity index (χ2n) is 9.92. The lowest BCUT2D eigenvalue weighted by Gasteiger charge is -2.31. The van der Waals surface area contributed by atoms with Gasteiger partial charge in [-0.2, -0.15) is 4.31 Å². The third-order valence-electron chi connectivity index (χ3n) is 6.58. The van der Waals surface area contributed by atoms with Crippen molar-refractivity contribution in [2.75, 3.05) is 6.54 Å². The number of hydrogen-bond donors (Lipinski definition) is 0. The van der Waals surface area contributed by atoms with Crippen molar-refractivity contribution in [3.63, 3.8) is 0 Å². The summed E-state index contributed by atoms with van der Waals surface area (Å²) >= 11 is 0. The largest absolute Gasteiger partial charge is 0.243 e. The molecule has 4 rings (SSSR count). The number of hydrogen-bond acceptors (Lipinski definition) is 2. The summed E-state index contributed by atoms with van der Waals surface area (Å²) in [5, 5.41) is 0. The Balaban J connectivity index is 1.63. The summed E-state index contributed by atoms with van der Waals surface area (Å²) in [6.07, 6.45) is 0.889. The van der Waals surface area contributed by atoms with Gasteiger partial charge in [-0.15, -0.1) is 0 Å². The van der Waals surface area contributed by atoms with Crippen LogP contribution in [0.5, 0.6) is 0 Å². The summed E-state index contributed by atoms with van der Waals surface area (Å²) in [5.74, 6) is 0.239. The molecule has 0 saturated carbocycles. The van der Waals surface area contributed by atoms with Gasteiger partial charge in [0.2, 0.25) is 10.0 Å². The second-order valence-corrected chi connectivity index (χ2v) is 16.9. The van der Waals surface area contributed by atoms with Crippen LogP contribution in [0.25, 0.3) is 0 Å². The van der Waals surface area contributed by atoms with Gasteiger partial charge in [0, 0.05) is 12.6 Å². The first-order valence-electron chi connectivity index (χ1n) is 11.4. The highest BCUT2D eigenvalue weighted by molar-refractivity contribution is 7.89. The molecule has 0 amide bonds. The van der Waals surface area contributed by atoms with Gasteiger partial charge in [0.25, 0.3) is 0 Å². The van der Waals surface area contributed by atoms with Crippen LogP contribution in [0, 0.1) is 6.92 Å². The molecule has 0 aromatic heterocycles. The topological polar surface area (TPSA) is 37.4 Å². The third-order valence-corrected chi connectivity index (χ3v) is 11.5. The Hall–Kier alpha value is -2.21. The Morgan fingerprint density at radius 1 is 0.875 bits per heavy atom. The van der Waals surface area contributed by atoms with Gasteiger partial charge in [0.05, 0.1) is 13.0 Å². The lowest BCUT2D eigenvalue weighted by molar-refractivity contribution is 0.404. The van der Waals surface area contributed by atoms with Gasteiger partial charge in [0.15, 0.2) is 0 Å². The summed E-state index contributed by atoms with van der Waals surface area (Å²) < 4.78 is 29.3. The molecule has 1 heterocycles. The van der Waals surface area contributed by atoms with Crippen molar-refractivity contribution in [3.8, 4) is 0 Å². The number of rotatable bonds is 7. The van der Waals surface area contributed by atoms with E-state index in [0.29, 0.717) is 11.4 Å². The number of nitrogens with zero attached hydrogens (tertiary/aromatic N) is 1. The Morgan fingerprint density at radius 2 is 1.47 bits per heavy atom. The zero-order valence-corrected chi connectivity index (χ0v) is 21.1. The Morgan fingerprint density at radius 3 is 2.09 bits per heavy atom. The van der Waals surface area contributed by atoms with E-state index in [2.05, 4.69) is 67.7 Å². The molecule has 1 aliphatic rings. The molecule has 3 aromatic carbocycles. The van der Waals surface area contributed by atoms with Crippen LogP contribution < -0.4 is 0 Å². The molecule has 1 aliphatic heterocycles. The monoisotopic (exact) mass is 463 g/mol. The highest BCUT2D eigenvalue weighted by Crippen LogP contribution is 2.39. The molecule has 0 aliphatic carbocycles. The summed E-state index contributed by atoms with van der Waals surface area (Å²) in [4.78, 5) is 0.407. The molecule has 0 N–H and O–H groups in total. The average Bonchev–Trinajstić information content (AvgIpc) is 3.19. The number of benzene rings is 3. The molecule has 5 heteroatoms. The van der Waals surface area contributed by atoms with E-state index in [-0.39, 0.29) is 12.0 Å². The minimum atomic E-state index is -3.54. The quantitative estimate of drug-likeness (QED) is 0.401. The molecule has 3 nitrogen and oxygen atoms in total. The lowest BCUT2D eigenvalue weighted by Crippen LogP contribution is -2.42. The van der Waals surface area contributed by atoms with Gasteiger partial charge in [-0.25, -0.2) is 8.42 Å². The van der Waals surface area contributed by atoms with E-state index in [1.165, 1.54) is 11.1 Å². The molecule has 1 saturated heterocycles.